The molecule has 0 aliphatic carbocycles. The molecule has 8 heteroatoms. The maximum absolute atomic E-state index is 12.9. The summed E-state index contributed by atoms with van der Waals surface area (Å²) < 4.78 is 10.6. The molecule has 0 aromatic carbocycles. The Morgan fingerprint density at radius 3 is 2.83 bits per heavy atom. The number of fused-ring (bicyclic) bond motifs is 1. The van der Waals surface area contributed by atoms with Gasteiger partial charge < -0.3 is 19.9 Å². The summed E-state index contributed by atoms with van der Waals surface area (Å²) in [5.74, 6) is -0.810. The van der Waals surface area contributed by atoms with E-state index < -0.39 is 11.5 Å². The average Bonchev–Trinajstić information content (AvgIpc) is 2.87. The van der Waals surface area contributed by atoms with Crippen LogP contribution >= 0.6 is 0 Å². The van der Waals surface area contributed by atoms with Crippen LogP contribution in [0.3, 0.4) is 0 Å². The van der Waals surface area contributed by atoms with Gasteiger partial charge in [-0.15, -0.1) is 0 Å². The van der Waals surface area contributed by atoms with Crippen LogP contribution in [0.4, 0.5) is 0 Å². The van der Waals surface area contributed by atoms with Crippen molar-refractivity contribution < 1.29 is 18.8 Å². The number of nitrogens with zero attached hydrogens (tertiary/aromatic N) is 3. The van der Waals surface area contributed by atoms with Crippen LogP contribution in [-0.4, -0.2) is 52.2 Å². The molecule has 2 aromatic rings. The monoisotopic (exact) mass is 318 g/mol. The van der Waals surface area contributed by atoms with Crippen molar-refractivity contribution >= 4 is 22.9 Å². The number of pyridine rings is 1. The normalized spacial score (nSPS) is 21.6. The van der Waals surface area contributed by atoms with Gasteiger partial charge in [0.1, 0.15) is 0 Å². The molecule has 2 aromatic heterocycles. The lowest BCUT2D eigenvalue weighted by molar-refractivity contribution is -0.150. The highest BCUT2D eigenvalue weighted by Gasteiger charge is 2.39. The van der Waals surface area contributed by atoms with E-state index in [0.717, 1.165) is 0 Å². The summed E-state index contributed by atoms with van der Waals surface area (Å²) in [6.45, 7) is 5.87. The Labute approximate surface area is 132 Å². The summed E-state index contributed by atoms with van der Waals surface area (Å²) in [7, 11) is 0. The van der Waals surface area contributed by atoms with Crippen molar-refractivity contribution in [3.8, 4) is 0 Å². The van der Waals surface area contributed by atoms with Gasteiger partial charge >= 0.3 is 0 Å². The number of carbonyl (C=O) groups is 2. The minimum atomic E-state index is -1.18. The summed E-state index contributed by atoms with van der Waals surface area (Å²) >= 11 is 0. The largest absolute Gasteiger partial charge is 0.367 e. The second kappa shape index (κ2) is 5.31. The molecule has 1 fully saturated rings. The molecule has 0 bridgehead atoms. The van der Waals surface area contributed by atoms with Crippen molar-refractivity contribution in [3.05, 3.63) is 23.0 Å². The lowest BCUT2D eigenvalue weighted by Crippen LogP contribution is -2.58. The molecule has 23 heavy (non-hydrogen) atoms. The van der Waals surface area contributed by atoms with Crippen LogP contribution < -0.4 is 5.73 Å². The number of morpholine rings is 1. The zero-order chi connectivity index (χ0) is 16.8. The van der Waals surface area contributed by atoms with Gasteiger partial charge in [0.25, 0.3) is 17.5 Å². The number of aromatic nitrogens is 2. The number of aryl methyl sites for hydroxylation is 2. The van der Waals surface area contributed by atoms with Crippen LogP contribution in [0.5, 0.6) is 0 Å². The van der Waals surface area contributed by atoms with Gasteiger partial charge in [-0.1, -0.05) is 5.16 Å². The van der Waals surface area contributed by atoms with Crippen molar-refractivity contribution in [2.75, 3.05) is 19.7 Å². The zero-order valence-corrected chi connectivity index (χ0v) is 13.3. The van der Waals surface area contributed by atoms with Crippen molar-refractivity contribution in [3.63, 3.8) is 0 Å². The van der Waals surface area contributed by atoms with Gasteiger partial charge in [0.05, 0.1) is 29.8 Å². The van der Waals surface area contributed by atoms with Crippen molar-refractivity contribution in [2.24, 2.45) is 5.73 Å². The van der Waals surface area contributed by atoms with E-state index in [-0.39, 0.29) is 19.1 Å². The Morgan fingerprint density at radius 2 is 2.13 bits per heavy atom. The first-order valence-electron chi connectivity index (χ1n) is 7.28. The Balaban J connectivity index is 2.00. The number of nitrogens with two attached hydrogens (primary N) is 1. The summed E-state index contributed by atoms with van der Waals surface area (Å²) in [5, 5.41) is 4.47. The number of amides is 2. The van der Waals surface area contributed by atoms with Gasteiger partial charge in [0.15, 0.2) is 5.60 Å². The van der Waals surface area contributed by atoms with E-state index >= 15 is 0 Å². The first-order valence-corrected chi connectivity index (χ1v) is 7.28. The fourth-order valence-electron chi connectivity index (χ4n) is 2.75. The second-order valence-electron chi connectivity index (χ2n) is 5.93. The lowest BCUT2D eigenvalue weighted by Gasteiger charge is -2.38. The SMILES string of the molecule is Cc1cc(C(=O)N2CCOC(C)(C(N)=O)C2)c2c(C)noc2n1. The van der Waals surface area contributed by atoms with Crippen molar-refractivity contribution in [1.29, 1.82) is 0 Å². The molecule has 1 atom stereocenters. The average molecular weight is 318 g/mol. The molecule has 1 unspecified atom stereocenters. The highest BCUT2D eigenvalue weighted by atomic mass is 16.5. The molecule has 2 amide bonds. The number of primary amides is 1. The number of hydrogen-bond acceptors (Lipinski definition) is 6. The molecule has 1 saturated heterocycles. The maximum atomic E-state index is 12.9. The molecule has 2 N–H and O–H groups in total. The van der Waals surface area contributed by atoms with Gasteiger partial charge in [-0.25, -0.2) is 4.98 Å². The molecule has 1 aliphatic heterocycles. The number of ether oxygens (including phenoxy) is 1. The Morgan fingerprint density at radius 1 is 1.39 bits per heavy atom. The van der Waals surface area contributed by atoms with Gasteiger partial charge in [0, 0.05) is 12.2 Å². The minimum absolute atomic E-state index is 0.106. The van der Waals surface area contributed by atoms with Crippen LogP contribution in [0.15, 0.2) is 10.6 Å². The van der Waals surface area contributed by atoms with Crippen LogP contribution in [0.2, 0.25) is 0 Å². The first-order chi connectivity index (χ1) is 10.8. The van der Waals surface area contributed by atoms with Crippen molar-refractivity contribution in [2.45, 2.75) is 26.4 Å². The van der Waals surface area contributed by atoms with E-state index in [0.29, 0.717) is 34.6 Å². The predicted octanol–water partition coefficient (Wildman–Crippen LogP) is 0.556. The highest BCUT2D eigenvalue weighted by Crippen LogP contribution is 2.25. The lowest BCUT2D eigenvalue weighted by atomic mass is 10.0. The zero-order valence-electron chi connectivity index (χ0n) is 13.3. The number of rotatable bonds is 2. The summed E-state index contributed by atoms with van der Waals surface area (Å²) in [6.07, 6.45) is 0. The predicted molar refractivity (Wildman–Crippen MR) is 80.7 cm³/mol. The summed E-state index contributed by atoms with van der Waals surface area (Å²) in [4.78, 5) is 30.3. The molecular weight excluding hydrogens is 300 g/mol. The van der Waals surface area contributed by atoms with Crippen LogP contribution in [0, 0.1) is 13.8 Å². The van der Waals surface area contributed by atoms with E-state index in [4.69, 9.17) is 15.0 Å². The summed E-state index contributed by atoms with van der Waals surface area (Å²) in [5.41, 5.74) is 6.25. The van der Waals surface area contributed by atoms with E-state index in [9.17, 15) is 9.59 Å². The first kappa shape index (κ1) is 15.4. The fraction of sp³-hybridized carbons (Fsp3) is 0.467. The Kier molecular flexibility index (Phi) is 3.56. The molecule has 3 heterocycles. The smallest absolute Gasteiger partial charge is 0.258 e. The Hall–Kier alpha value is -2.48. The van der Waals surface area contributed by atoms with E-state index in [1.54, 1.807) is 31.7 Å². The van der Waals surface area contributed by atoms with E-state index in [1.807, 2.05) is 0 Å². The number of hydrogen-bond donors (Lipinski definition) is 1. The Bertz CT molecular complexity index is 800. The molecule has 0 spiro atoms. The molecule has 0 radical (unpaired) electrons. The standard InChI is InChI=1S/C15H18N4O4/c1-8-6-10(11-9(2)18-23-12(11)17-8)13(20)19-4-5-22-15(3,7-19)14(16)21/h6H,4-5,7H2,1-3H3,(H2,16,21). The third-order valence-electron chi connectivity index (χ3n) is 4.06. The van der Waals surface area contributed by atoms with Gasteiger partial charge in [-0.2, -0.15) is 0 Å². The number of carbonyl (C=O) groups excluding carboxylic acids is 2. The van der Waals surface area contributed by atoms with Crippen molar-refractivity contribution in [1.82, 2.24) is 15.0 Å². The molecule has 122 valence electrons. The van der Waals surface area contributed by atoms with Gasteiger partial charge in [-0.05, 0) is 26.8 Å². The van der Waals surface area contributed by atoms with Crippen LogP contribution in [0.25, 0.3) is 11.1 Å². The molecule has 8 nitrogen and oxygen atoms in total. The van der Waals surface area contributed by atoms with Gasteiger partial charge in [0.2, 0.25) is 0 Å². The van der Waals surface area contributed by atoms with E-state index in [2.05, 4.69) is 10.1 Å². The van der Waals surface area contributed by atoms with Gasteiger partial charge in [-0.3, -0.25) is 9.59 Å². The molecular formula is C15H18N4O4. The highest BCUT2D eigenvalue weighted by molar-refractivity contribution is 6.06. The summed E-state index contributed by atoms with van der Waals surface area (Å²) in [6, 6.07) is 1.70. The quantitative estimate of drug-likeness (QED) is 0.865. The third kappa shape index (κ3) is 2.55. The molecule has 1 aliphatic rings. The topological polar surface area (TPSA) is 112 Å². The maximum Gasteiger partial charge on any atom is 0.258 e. The van der Waals surface area contributed by atoms with E-state index in [1.165, 1.54) is 0 Å². The third-order valence-corrected chi connectivity index (χ3v) is 4.06. The minimum Gasteiger partial charge on any atom is -0.367 e. The van der Waals surface area contributed by atoms with Crippen LogP contribution in [-0.2, 0) is 9.53 Å². The second-order valence-corrected chi connectivity index (χ2v) is 5.93. The molecule has 3 rings (SSSR count). The fourth-order valence-corrected chi connectivity index (χ4v) is 2.75. The molecule has 0 saturated carbocycles. The van der Waals surface area contributed by atoms with Crippen LogP contribution in [0.1, 0.15) is 28.7 Å².